The number of anilines is 1. The Morgan fingerprint density at radius 2 is 2.09 bits per heavy atom. The van der Waals surface area contributed by atoms with E-state index in [4.69, 9.17) is 4.74 Å². The van der Waals surface area contributed by atoms with Crippen LogP contribution in [-0.4, -0.2) is 25.6 Å². The van der Waals surface area contributed by atoms with E-state index in [2.05, 4.69) is 26.0 Å². The van der Waals surface area contributed by atoms with E-state index in [9.17, 15) is 9.59 Å². The van der Waals surface area contributed by atoms with Gasteiger partial charge in [-0.25, -0.2) is 4.79 Å². The van der Waals surface area contributed by atoms with Crippen LogP contribution in [0.5, 0.6) is 5.75 Å². The van der Waals surface area contributed by atoms with Crippen LogP contribution in [0.2, 0.25) is 0 Å². The Balaban J connectivity index is 1.93. The number of rotatable bonds is 5. The monoisotopic (exact) mass is 383 g/mol. The van der Waals surface area contributed by atoms with Crippen LogP contribution in [0.15, 0.2) is 34.8 Å². The number of methoxy groups -OCH3 is 1. The number of halogens is 1. The summed E-state index contributed by atoms with van der Waals surface area (Å²) in [5.41, 5.74) is 0.764. The predicted molar refractivity (Wildman–Crippen MR) is 88.7 cm³/mol. The first-order chi connectivity index (χ1) is 10.5. The maximum Gasteiger partial charge on any atom is 0.348 e. The Labute approximate surface area is 140 Å². The summed E-state index contributed by atoms with van der Waals surface area (Å²) in [6.07, 6.45) is 0. The summed E-state index contributed by atoms with van der Waals surface area (Å²) in [4.78, 5) is 23.9. The summed E-state index contributed by atoms with van der Waals surface area (Å²) in [5, 5.41) is 3.29. The lowest BCUT2D eigenvalue weighted by molar-refractivity contribution is -0.118. The fourth-order valence-electron chi connectivity index (χ4n) is 1.72. The number of amides is 1. The maximum atomic E-state index is 11.9. The van der Waals surface area contributed by atoms with Crippen LogP contribution in [0, 0.1) is 6.92 Å². The number of carbonyl (C=O) groups excluding carboxylic acids is 2. The first-order valence-corrected chi connectivity index (χ1v) is 7.97. The van der Waals surface area contributed by atoms with E-state index in [0.29, 0.717) is 15.6 Å². The van der Waals surface area contributed by atoms with Gasteiger partial charge in [-0.05, 0) is 36.8 Å². The number of thiophene rings is 1. The van der Waals surface area contributed by atoms with Crippen LogP contribution in [0.4, 0.5) is 5.00 Å². The number of hydrogen-bond donors (Lipinski definition) is 1. The average Bonchev–Trinajstić information content (AvgIpc) is 2.85. The van der Waals surface area contributed by atoms with Gasteiger partial charge in [0.15, 0.2) is 6.61 Å². The molecule has 0 aliphatic rings. The Morgan fingerprint density at radius 1 is 1.32 bits per heavy atom. The van der Waals surface area contributed by atoms with Gasteiger partial charge in [0.1, 0.15) is 10.6 Å². The van der Waals surface area contributed by atoms with Crippen molar-refractivity contribution < 1.29 is 19.1 Å². The van der Waals surface area contributed by atoms with E-state index in [-0.39, 0.29) is 12.5 Å². The number of hydrogen-bond acceptors (Lipinski definition) is 5. The zero-order valence-electron chi connectivity index (χ0n) is 12.0. The van der Waals surface area contributed by atoms with E-state index >= 15 is 0 Å². The van der Waals surface area contributed by atoms with Crippen molar-refractivity contribution in [2.24, 2.45) is 0 Å². The molecule has 1 aromatic heterocycles. The molecule has 0 aliphatic carbocycles. The Hall–Kier alpha value is -1.86. The fraction of sp³-hybridized carbons (Fsp3) is 0.200. The van der Waals surface area contributed by atoms with E-state index in [1.54, 1.807) is 25.1 Å². The lowest BCUT2D eigenvalue weighted by Crippen LogP contribution is -2.19. The van der Waals surface area contributed by atoms with Gasteiger partial charge in [-0.2, -0.15) is 0 Å². The van der Waals surface area contributed by atoms with Gasteiger partial charge in [-0.3, -0.25) is 4.79 Å². The second-order valence-electron chi connectivity index (χ2n) is 4.41. The number of aryl methyl sites for hydroxylation is 1. The van der Waals surface area contributed by atoms with Gasteiger partial charge in [0.05, 0.1) is 12.1 Å². The van der Waals surface area contributed by atoms with Crippen LogP contribution >= 0.6 is 27.3 Å². The van der Waals surface area contributed by atoms with Gasteiger partial charge in [-0.1, -0.05) is 22.0 Å². The molecular formula is C15H14BrNO4S. The minimum Gasteiger partial charge on any atom is -0.484 e. The molecule has 22 heavy (non-hydrogen) atoms. The minimum absolute atomic E-state index is 0.110. The summed E-state index contributed by atoms with van der Waals surface area (Å²) in [6, 6.07) is 8.97. The number of carbonyl (C=O) groups is 2. The zero-order valence-corrected chi connectivity index (χ0v) is 14.4. The molecule has 0 fully saturated rings. The van der Waals surface area contributed by atoms with Gasteiger partial charge in [-0.15, -0.1) is 11.3 Å². The van der Waals surface area contributed by atoms with Crippen molar-refractivity contribution in [3.8, 4) is 5.75 Å². The molecule has 116 valence electrons. The lowest BCUT2D eigenvalue weighted by atomic mass is 10.3. The molecule has 1 N–H and O–H groups in total. The Bertz CT molecular complexity index is 699. The second kappa shape index (κ2) is 7.42. The molecule has 7 heteroatoms. The average molecular weight is 384 g/mol. The fourth-order valence-corrected chi connectivity index (χ4v) is 3.10. The van der Waals surface area contributed by atoms with Crippen LogP contribution in [-0.2, 0) is 9.53 Å². The van der Waals surface area contributed by atoms with Crippen LogP contribution < -0.4 is 10.1 Å². The Morgan fingerprint density at radius 3 is 2.77 bits per heavy atom. The van der Waals surface area contributed by atoms with Crippen molar-refractivity contribution in [1.82, 2.24) is 0 Å². The molecule has 1 aromatic carbocycles. The number of benzene rings is 1. The molecule has 0 atom stereocenters. The first kappa shape index (κ1) is 16.5. The molecule has 1 amide bonds. The summed E-state index contributed by atoms with van der Waals surface area (Å²) in [7, 11) is 1.32. The molecule has 0 radical (unpaired) electrons. The second-order valence-corrected chi connectivity index (χ2v) is 6.38. The highest BCUT2D eigenvalue weighted by molar-refractivity contribution is 9.10. The van der Waals surface area contributed by atoms with Crippen molar-refractivity contribution in [2.45, 2.75) is 6.92 Å². The zero-order chi connectivity index (χ0) is 16.1. The highest BCUT2D eigenvalue weighted by atomic mass is 79.9. The van der Waals surface area contributed by atoms with Crippen LogP contribution in [0.3, 0.4) is 0 Å². The topological polar surface area (TPSA) is 64.6 Å². The van der Waals surface area contributed by atoms with Crippen molar-refractivity contribution in [1.29, 1.82) is 0 Å². The minimum atomic E-state index is -0.409. The normalized spacial score (nSPS) is 10.1. The Kier molecular flexibility index (Phi) is 5.57. The molecule has 0 aliphatic heterocycles. The van der Waals surface area contributed by atoms with Crippen molar-refractivity contribution in [3.63, 3.8) is 0 Å². The summed E-state index contributed by atoms with van der Waals surface area (Å²) in [6.45, 7) is 1.68. The third-order valence-electron chi connectivity index (χ3n) is 2.72. The van der Waals surface area contributed by atoms with Gasteiger partial charge in [0.25, 0.3) is 5.91 Å². The summed E-state index contributed by atoms with van der Waals surface area (Å²) in [5.74, 6) is -0.104. The molecular weight excluding hydrogens is 370 g/mol. The molecule has 1 heterocycles. The molecule has 0 saturated carbocycles. The van der Waals surface area contributed by atoms with E-state index < -0.39 is 5.97 Å². The number of esters is 1. The third-order valence-corrected chi connectivity index (χ3v) is 4.34. The van der Waals surface area contributed by atoms with E-state index in [0.717, 1.165) is 10.0 Å². The van der Waals surface area contributed by atoms with Crippen molar-refractivity contribution in [3.05, 3.63) is 45.2 Å². The highest BCUT2D eigenvalue weighted by Crippen LogP contribution is 2.27. The number of ether oxygens (including phenoxy) is 2. The third kappa shape index (κ3) is 4.32. The molecule has 0 unspecified atom stereocenters. The predicted octanol–water partition coefficient (Wildman–Crippen LogP) is 3.62. The maximum absolute atomic E-state index is 11.9. The molecule has 5 nitrogen and oxygen atoms in total. The van der Waals surface area contributed by atoms with Gasteiger partial charge in [0.2, 0.25) is 0 Å². The van der Waals surface area contributed by atoms with Crippen molar-refractivity contribution in [2.75, 3.05) is 19.0 Å². The largest absolute Gasteiger partial charge is 0.484 e. The van der Waals surface area contributed by atoms with Gasteiger partial charge >= 0.3 is 5.97 Å². The van der Waals surface area contributed by atoms with Crippen molar-refractivity contribution >= 4 is 44.1 Å². The first-order valence-electron chi connectivity index (χ1n) is 6.36. The standard InChI is InChI=1S/C15H14BrNO4S/c1-9-6-13(22-14(9)15(19)20-2)17-12(18)8-21-11-5-3-4-10(16)7-11/h3-7H,8H2,1-2H3,(H,17,18). The highest BCUT2D eigenvalue weighted by Gasteiger charge is 2.15. The number of nitrogens with one attached hydrogen (secondary N) is 1. The quantitative estimate of drug-likeness (QED) is 0.800. The smallest absolute Gasteiger partial charge is 0.348 e. The van der Waals surface area contributed by atoms with E-state index in [1.165, 1.54) is 18.4 Å². The molecule has 2 rings (SSSR count). The summed E-state index contributed by atoms with van der Waals surface area (Å²) < 4.78 is 11.0. The molecule has 0 saturated heterocycles. The lowest BCUT2D eigenvalue weighted by Gasteiger charge is -2.06. The molecule has 0 spiro atoms. The van der Waals surface area contributed by atoms with Gasteiger partial charge in [0, 0.05) is 4.47 Å². The van der Waals surface area contributed by atoms with Gasteiger partial charge < -0.3 is 14.8 Å². The molecule has 0 bridgehead atoms. The van der Waals surface area contributed by atoms with E-state index in [1.807, 2.05) is 12.1 Å². The summed E-state index contributed by atoms with van der Waals surface area (Å²) >= 11 is 4.51. The molecule has 2 aromatic rings. The van der Waals surface area contributed by atoms with Crippen LogP contribution in [0.1, 0.15) is 15.2 Å². The SMILES string of the molecule is COC(=O)c1sc(NC(=O)COc2cccc(Br)c2)cc1C. The van der Waals surface area contributed by atoms with Crippen LogP contribution in [0.25, 0.3) is 0 Å².